The van der Waals surface area contributed by atoms with Crippen LogP contribution in [0.2, 0.25) is 0 Å². The first-order chi connectivity index (χ1) is 5.68. The molecule has 0 aromatic carbocycles. The van der Waals surface area contributed by atoms with E-state index in [0.29, 0.717) is 5.69 Å². The molecule has 4 heteroatoms. The Hall–Kier alpha value is -1.76. The molecule has 12 heavy (non-hydrogen) atoms. The number of aryl methyl sites for hydroxylation is 1. The van der Waals surface area contributed by atoms with Crippen molar-refractivity contribution in [1.29, 1.82) is 0 Å². The number of carbonyl (C=O) groups is 1. The van der Waals surface area contributed by atoms with Gasteiger partial charge in [0.2, 0.25) is 5.91 Å². The lowest BCUT2D eigenvalue weighted by molar-refractivity contribution is -0.117. The van der Waals surface area contributed by atoms with Gasteiger partial charge >= 0.3 is 0 Å². The highest BCUT2D eigenvalue weighted by Gasteiger charge is 1.89. The quantitative estimate of drug-likeness (QED) is 0.575. The summed E-state index contributed by atoms with van der Waals surface area (Å²) in [7, 11) is 1.85. The molecule has 1 rings (SSSR count). The highest BCUT2D eigenvalue weighted by atomic mass is 16.1. The van der Waals surface area contributed by atoms with Crippen LogP contribution in [0.4, 0.5) is 0 Å². The summed E-state index contributed by atoms with van der Waals surface area (Å²) in [5.74, 6) is 4.91. The molecule has 0 spiro atoms. The van der Waals surface area contributed by atoms with E-state index < -0.39 is 5.91 Å². The molecule has 0 radical (unpaired) electrons. The van der Waals surface area contributed by atoms with Crippen molar-refractivity contribution in [3.8, 4) is 11.8 Å². The monoisotopic (exact) mass is 163 g/mol. The van der Waals surface area contributed by atoms with E-state index in [2.05, 4.69) is 16.8 Å². The first-order valence-electron chi connectivity index (χ1n) is 3.43. The molecule has 4 nitrogen and oxygen atoms in total. The summed E-state index contributed by atoms with van der Waals surface area (Å²) in [6.45, 7) is 0. The van der Waals surface area contributed by atoms with Crippen LogP contribution in [0.25, 0.3) is 0 Å². The molecule has 0 aliphatic heterocycles. The summed E-state index contributed by atoms with van der Waals surface area (Å²) in [6.07, 6.45) is 3.50. The van der Waals surface area contributed by atoms with E-state index in [9.17, 15) is 4.79 Å². The van der Waals surface area contributed by atoms with Crippen LogP contribution in [-0.4, -0.2) is 15.5 Å². The van der Waals surface area contributed by atoms with Gasteiger partial charge in [-0.05, 0) is 5.92 Å². The normalized spacial score (nSPS) is 8.75. The van der Waals surface area contributed by atoms with E-state index in [1.807, 2.05) is 7.05 Å². The maximum absolute atomic E-state index is 10.3. The molecule has 1 heterocycles. The zero-order valence-corrected chi connectivity index (χ0v) is 6.74. The molecule has 0 saturated heterocycles. The Labute approximate surface area is 70.4 Å². The van der Waals surface area contributed by atoms with Gasteiger partial charge < -0.3 is 10.3 Å². The van der Waals surface area contributed by atoms with Gasteiger partial charge in [-0.25, -0.2) is 4.98 Å². The van der Waals surface area contributed by atoms with Gasteiger partial charge in [-0.2, -0.15) is 0 Å². The molecule has 0 aliphatic rings. The van der Waals surface area contributed by atoms with Gasteiger partial charge in [-0.3, -0.25) is 4.79 Å². The number of rotatable bonds is 1. The van der Waals surface area contributed by atoms with Gasteiger partial charge in [0.25, 0.3) is 0 Å². The number of primary amides is 1. The summed E-state index contributed by atoms with van der Waals surface area (Å²) in [5, 5.41) is 0. The number of amides is 1. The topological polar surface area (TPSA) is 60.9 Å². The lowest BCUT2D eigenvalue weighted by Gasteiger charge is -1.80. The molecule has 0 unspecified atom stereocenters. The second-order valence-corrected chi connectivity index (χ2v) is 2.37. The fourth-order valence-electron chi connectivity index (χ4n) is 0.699. The SMILES string of the molecule is Cn1cnc(C#CCC(N)=O)c1. The smallest absolute Gasteiger partial charge is 0.229 e. The summed E-state index contributed by atoms with van der Waals surface area (Å²) in [5.41, 5.74) is 5.55. The van der Waals surface area contributed by atoms with E-state index in [0.717, 1.165) is 0 Å². The third-order valence-electron chi connectivity index (χ3n) is 1.18. The van der Waals surface area contributed by atoms with E-state index in [4.69, 9.17) is 5.73 Å². The van der Waals surface area contributed by atoms with Crippen molar-refractivity contribution in [2.45, 2.75) is 6.42 Å². The molecule has 2 N–H and O–H groups in total. The average Bonchev–Trinajstić information content (AvgIpc) is 2.35. The van der Waals surface area contributed by atoms with Crippen LogP contribution in [0.3, 0.4) is 0 Å². The van der Waals surface area contributed by atoms with Crippen LogP contribution in [0, 0.1) is 11.8 Å². The second kappa shape index (κ2) is 3.58. The first kappa shape index (κ1) is 8.34. The van der Waals surface area contributed by atoms with Gasteiger partial charge in [0, 0.05) is 13.2 Å². The van der Waals surface area contributed by atoms with Crippen LogP contribution in [0.5, 0.6) is 0 Å². The Morgan fingerprint density at radius 2 is 2.58 bits per heavy atom. The minimum Gasteiger partial charge on any atom is -0.369 e. The number of hydrogen-bond acceptors (Lipinski definition) is 2. The summed E-state index contributed by atoms with van der Waals surface area (Å²) in [6, 6.07) is 0. The van der Waals surface area contributed by atoms with Crippen molar-refractivity contribution in [2.75, 3.05) is 0 Å². The van der Waals surface area contributed by atoms with Crippen molar-refractivity contribution in [1.82, 2.24) is 9.55 Å². The lowest BCUT2D eigenvalue weighted by Crippen LogP contribution is -2.08. The molecule has 1 aromatic rings. The number of carbonyl (C=O) groups excluding carboxylic acids is 1. The van der Waals surface area contributed by atoms with Crippen LogP contribution in [0.1, 0.15) is 12.1 Å². The van der Waals surface area contributed by atoms with E-state index in [1.165, 1.54) is 0 Å². The number of hydrogen-bond donors (Lipinski definition) is 1. The molecule has 0 saturated carbocycles. The maximum Gasteiger partial charge on any atom is 0.229 e. The van der Waals surface area contributed by atoms with Gasteiger partial charge in [-0.15, -0.1) is 0 Å². The van der Waals surface area contributed by atoms with Gasteiger partial charge in [0.05, 0.1) is 12.7 Å². The van der Waals surface area contributed by atoms with Gasteiger partial charge in [0.1, 0.15) is 5.69 Å². The molecule has 0 aliphatic carbocycles. The molecule has 0 bridgehead atoms. The maximum atomic E-state index is 10.3. The standard InChI is InChI=1S/C8H9N3O/c1-11-5-7(10-6-11)3-2-4-8(9)12/h5-6H,4H2,1H3,(H2,9,12). The molecule has 1 amide bonds. The van der Waals surface area contributed by atoms with Crippen molar-refractivity contribution < 1.29 is 4.79 Å². The van der Waals surface area contributed by atoms with Crippen LogP contribution in [0.15, 0.2) is 12.5 Å². The molecule has 0 fully saturated rings. The largest absolute Gasteiger partial charge is 0.369 e. The van der Waals surface area contributed by atoms with E-state index >= 15 is 0 Å². The van der Waals surface area contributed by atoms with Crippen LogP contribution >= 0.6 is 0 Å². The van der Waals surface area contributed by atoms with Crippen molar-refractivity contribution in [2.24, 2.45) is 12.8 Å². The van der Waals surface area contributed by atoms with E-state index in [-0.39, 0.29) is 6.42 Å². The van der Waals surface area contributed by atoms with Crippen LogP contribution < -0.4 is 5.73 Å². The Bertz CT molecular complexity index is 343. The number of nitrogens with zero attached hydrogens (tertiary/aromatic N) is 2. The fourth-order valence-corrected chi connectivity index (χ4v) is 0.699. The Morgan fingerprint density at radius 3 is 3.08 bits per heavy atom. The molecule has 0 atom stereocenters. The minimum absolute atomic E-state index is 0.0799. The van der Waals surface area contributed by atoms with Crippen molar-refractivity contribution in [3.63, 3.8) is 0 Å². The predicted octanol–water partition coefficient (Wildman–Crippen LogP) is -0.353. The number of aromatic nitrogens is 2. The third kappa shape index (κ3) is 2.46. The Morgan fingerprint density at radius 1 is 1.83 bits per heavy atom. The highest BCUT2D eigenvalue weighted by molar-refractivity contribution is 5.76. The van der Waals surface area contributed by atoms with Gasteiger partial charge in [0.15, 0.2) is 0 Å². The molecule has 62 valence electrons. The van der Waals surface area contributed by atoms with Gasteiger partial charge in [-0.1, -0.05) is 5.92 Å². The lowest BCUT2D eigenvalue weighted by atomic mass is 10.4. The molecule has 1 aromatic heterocycles. The van der Waals surface area contributed by atoms with Crippen LogP contribution in [-0.2, 0) is 11.8 Å². The number of imidazole rings is 1. The Balaban J connectivity index is 2.60. The summed E-state index contributed by atoms with van der Waals surface area (Å²) < 4.78 is 1.79. The number of nitrogens with two attached hydrogens (primary N) is 1. The zero-order valence-electron chi connectivity index (χ0n) is 6.74. The molecular formula is C8H9N3O. The molecular weight excluding hydrogens is 154 g/mol. The highest BCUT2D eigenvalue weighted by Crippen LogP contribution is 1.89. The third-order valence-corrected chi connectivity index (χ3v) is 1.18. The van der Waals surface area contributed by atoms with Crippen molar-refractivity contribution in [3.05, 3.63) is 18.2 Å². The zero-order chi connectivity index (χ0) is 8.97. The predicted molar refractivity (Wildman–Crippen MR) is 43.9 cm³/mol. The van der Waals surface area contributed by atoms with E-state index in [1.54, 1.807) is 17.1 Å². The minimum atomic E-state index is -0.418. The average molecular weight is 163 g/mol. The second-order valence-electron chi connectivity index (χ2n) is 2.37. The van der Waals surface area contributed by atoms with Crippen molar-refractivity contribution >= 4 is 5.91 Å². The first-order valence-corrected chi connectivity index (χ1v) is 3.43. The Kier molecular flexibility index (Phi) is 2.49. The summed E-state index contributed by atoms with van der Waals surface area (Å²) >= 11 is 0. The fraction of sp³-hybridized carbons (Fsp3) is 0.250. The summed E-state index contributed by atoms with van der Waals surface area (Å²) in [4.78, 5) is 14.2.